The lowest BCUT2D eigenvalue weighted by atomic mass is 9.70. The molecular weight excluding hydrogens is 456 g/mol. The Balaban J connectivity index is 2.02. The number of alkyl halides is 6. The predicted molar refractivity (Wildman–Crippen MR) is 104 cm³/mol. The third kappa shape index (κ3) is 4.74. The molecule has 2 heterocycles. The van der Waals surface area contributed by atoms with Crippen LogP contribution in [0.2, 0.25) is 0 Å². The van der Waals surface area contributed by atoms with E-state index in [2.05, 4.69) is 4.98 Å². The molecule has 2 N–H and O–H groups in total. The minimum atomic E-state index is -4.64. The number of methoxy groups -OCH3 is 1. The van der Waals surface area contributed by atoms with Gasteiger partial charge in [-0.25, -0.2) is 0 Å². The van der Waals surface area contributed by atoms with Gasteiger partial charge in [-0.15, -0.1) is 0 Å². The average molecular weight is 475 g/mol. The van der Waals surface area contributed by atoms with Gasteiger partial charge in [-0.1, -0.05) is 12.1 Å². The molecule has 1 aromatic heterocycles. The lowest BCUT2D eigenvalue weighted by Crippen LogP contribution is -2.46. The van der Waals surface area contributed by atoms with Gasteiger partial charge in [0.05, 0.1) is 36.0 Å². The number of aromatic nitrogens is 1. The van der Waals surface area contributed by atoms with Gasteiger partial charge in [-0.05, 0) is 30.2 Å². The number of anilines is 1. The molecule has 1 fully saturated rings. The maximum Gasteiger partial charge on any atom is 0.417 e. The van der Waals surface area contributed by atoms with Crippen LogP contribution in [-0.2, 0) is 26.7 Å². The highest BCUT2D eigenvalue weighted by molar-refractivity contribution is 5.92. The highest BCUT2D eigenvalue weighted by Crippen LogP contribution is 2.46. The largest absolute Gasteiger partial charge is 0.469 e. The van der Waals surface area contributed by atoms with Gasteiger partial charge in [-0.3, -0.25) is 14.6 Å². The van der Waals surface area contributed by atoms with Crippen LogP contribution in [0.25, 0.3) is 0 Å². The molecule has 0 bridgehead atoms. The molecule has 3 rings (SSSR count). The van der Waals surface area contributed by atoms with Crippen molar-refractivity contribution in [2.45, 2.75) is 24.7 Å². The Kier molecular flexibility index (Phi) is 6.31. The summed E-state index contributed by atoms with van der Waals surface area (Å²) < 4.78 is 83.0. The van der Waals surface area contributed by atoms with Crippen LogP contribution in [0.4, 0.5) is 32.0 Å². The zero-order valence-corrected chi connectivity index (χ0v) is 17.2. The number of nitrogens with zero attached hydrogens (tertiary/aromatic N) is 2. The van der Waals surface area contributed by atoms with Gasteiger partial charge >= 0.3 is 18.3 Å². The van der Waals surface area contributed by atoms with Crippen LogP contribution in [0.3, 0.4) is 0 Å². The first kappa shape index (κ1) is 24.3. The first-order chi connectivity index (χ1) is 15.3. The number of carbonyl (C=O) groups excluding carboxylic acids is 2. The lowest BCUT2D eigenvalue weighted by molar-refractivity contribution is -0.155. The standard InChI is InChI=1S/C21H19F6N3O3/c1-33-18(32)19(16(17(28)31)12-2-4-13(5-3-12)20(22,23)24)6-7-30(11-19)15-8-14(9-29-10-15)21(25,26)27/h2-5,8-10,16H,6-7,11H2,1H3,(H2,28,31)/t16?,19-/m1/s1. The van der Waals surface area contributed by atoms with E-state index in [1.807, 2.05) is 0 Å². The molecular formula is C21H19F6N3O3. The minimum absolute atomic E-state index is 0.0372. The summed E-state index contributed by atoms with van der Waals surface area (Å²) in [5, 5.41) is 0. The van der Waals surface area contributed by atoms with E-state index < -0.39 is 46.7 Å². The summed E-state index contributed by atoms with van der Waals surface area (Å²) in [6.07, 6.45) is -7.45. The number of carbonyl (C=O) groups is 2. The summed E-state index contributed by atoms with van der Waals surface area (Å²) in [5.74, 6) is -3.21. The van der Waals surface area contributed by atoms with E-state index in [-0.39, 0.29) is 30.8 Å². The molecule has 1 saturated heterocycles. The van der Waals surface area contributed by atoms with Crippen molar-refractivity contribution in [1.82, 2.24) is 4.98 Å². The Bertz CT molecular complexity index is 1040. The van der Waals surface area contributed by atoms with Crippen molar-refractivity contribution in [3.8, 4) is 0 Å². The Labute approximate surface area is 184 Å². The number of primary amides is 1. The molecule has 0 saturated carbocycles. The van der Waals surface area contributed by atoms with Crippen LogP contribution in [-0.4, -0.2) is 37.1 Å². The predicted octanol–water partition coefficient (Wildman–Crippen LogP) is 3.76. The molecule has 1 amide bonds. The fourth-order valence-corrected chi connectivity index (χ4v) is 4.15. The zero-order chi connectivity index (χ0) is 24.6. The number of pyridine rings is 1. The Hall–Kier alpha value is -3.31. The third-order valence-corrected chi connectivity index (χ3v) is 5.72. The molecule has 0 spiro atoms. The fourth-order valence-electron chi connectivity index (χ4n) is 4.15. The number of halogens is 6. The van der Waals surface area contributed by atoms with Crippen LogP contribution in [0.15, 0.2) is 42.7 Å². The van der Waals surface area contributed by atoms with E-state index in [1.165, 1.54) is 11.1 Å². The van der Waals surface area contributed by atoms with Crippen LogP contribution in [0.5, 0.6) is 0 Å². The van der Waals surface area contributed by atoms with E-state index in [0.717, 1.165) is 37.4 Å². The monoisotopic (exact) mass is 475 g/mol. The van der Waals surface area contributed by atoms with Crippen molar-refractivity contribution in [3.05, 3.63) is 59.4 Å². The summed E-state index contributed by atoms with van der Waals surface area (Å²) in [5.41, 5.74) is 2.11. The van der Waals surface area contributed by atoms with Crippen molar-refractivity contribution < 1.29 is 40.7 Å². The van der Waals surface area contributed by atoms with Crippen LogP contribution in [0, 0.1) is 5.41 Å². The first-order valence-electron chi connectivity index (χ1n) is 9.61. The van der Waals surface area contributed by atoms with Crippen molar-refractivity contribution in [1.29, 1.82) is 0 Å². The van der Waals surface area contributed by atoms with Gasteiger partial charge in [0.2, 0.25) is 5.91 Å². The Morgan fingerprint density at radius 2 is 1.67 bits per heavy atom. The summed E-state index contributed by atoms with van der Waals surface area (Å²) in [6, 6.07) is 4.49. The van der Waals surface area contributed by atoms with Crippen molar-refractivity contribution in [2.75, 3.05) is 25.1 Å². The van der Waals surface area contributed by atoms with Crippen LogP contribution in [0.1, 0.15) is 29.0 Å². The van der Waals surface area contributed by atoms with Gasteiger partial charge in [-0.2, -0.15) is 26.3 Å². The number of nitrogens with two attached hydrogens (primary N) is 1. The second-order valence-electron chi connectivity index (χ2n) is 7.70. The maximum atomic E-state index is 13.1. The number of hydrogen-bond acceptors (Lipinski definition) is 5. The van der Waals surface area contributed by atoms with E-state index >= 15 is 0 Å². The maximum absolute atomic E-state index is 13.1. The molecule has 0 radical (unpaired) electrons. The van der Waals surface area contributed by atoms with Gasteiger partial charge in [0.15, 0.2) is 0 Å². The molecule has 1 aliphatic heterocycles. The van der Waals surface area contributed by atoms with Crippen molar-refractivity contribution in [3.63, 3.8) is 0 Å². The highest BCUT2D eigenvalue weighted by atomic mass is 19.4. The van der Waals surface area contributed by atoms with Gasteiger partial charge in [0, 0.05) is 19.3 Å². The number of amides is 1. The smallest absolute Gasteiger partial charge is 0.417 e. The molecule has 1 aliphatic rings. The molecule has 1 aromatic carbocycles. The minimum Gasteiger partial charge on any atom is -0.469 e. The number of ether oxygens (including phenoxy) is 1. The van der Waals surface area contributed by atoms with Gasteiger partial charge in [0.1, 0.15) is 5.41 Å². The van der Waals surface area contributed by atoms with Crippen LogP contribution < -0.4 is 10.6 Å². The fraction of sp³-hybridized carbons (Fsp3) is 0.381. The topological polar surface area (TPSA) is 85.5 Å². The van der Waals surface area contributed by atoms with E-state index in [1.54, 1.807) is 0 Å². The second-order valence-corrected chi connectivity index (χ2v) is 7.70. The number of rotatable bonds is 5. The third-order valence-electron chi connectivity index (χ3n) is 5.72. The first-order valence-corrected chi connectivity index (χ1v) is 9.61. The highest BCUT2D eigenvalue weighted by Gasteiger charge is 2.54. The number of benzene rings is 1. The summed E-state index contributed by atoms with van der Waals surface area (Å²) >= 11 is 0. The normalized spacial score (nSPS) is 19.9. The quantitative estimate of drug-likeness (QED) is 0.526. The van der Waals surface area contributed by atoms with Crippen LogP contribution >= 0.6 is 0 Å². The molecule has 178 valence electrons. The molecule has 1 unspecified atom stereocenters. The Morgan fingerprint density at radius 1 is 1.06 bits per heavy atom. The second kappa shape index (κ2) is 8.56. The lowest BCUT2D eigenvalue weighted by Gasteiger charge is -2.33. The number of esters is 1. The van der Waals surface area contributed by atoms with E-state index in [9.17, 15) is 35.9 Å². The average Bonchev–Trinajstić information content (AvgIpc) is 3.18. The van der Waals surface area contributed by atoms with Gasteiger partial charge in [0.25, 0.3) is 0 Å². The molecule has 12 heteroatoms. The molecule has 2 atom stereocenters. The SMILES string of the molecule is COC(=O)[C@]1(C(C(N)=O)c2ccc(C(F)(F)F)cc2)CCN(c2cncc(C(F)(F)F)c2)C1. The summed E-state index contributed by atoms with van der Waals surface area (Å²) in [4.78, 5) is 30.3. The zero-order valence-electron chi connectivity index (χ0n) is 17.2. The number of hydrogen-bond donors (Lipinski definition) is 1. The van der Waals surface area contributed by atoms with E-state index in [0.29, 0.717) is 6.20 Å². The molecule has 2 aromatic rings. The molecule has 0 aliphatic carbocycles. The summed E-state index contributed by atoms with van der Waals surface area (Å²) in [6.45, 7) is -0.195. The van der Waals surface area contributed by atoms with E-state index in [4.69, 9.17) is 10.5 Å². The Morgan fingerprint density at radius 3 is 2.18 bits per heavy atom. The molecule has 6 nitrogen and oxygen atoms in total. The molecule has 33 heavy (non-hydrogen) atoms. The van der Waals surface area contributed by atoms with Crippen molar-refractivity contribution >= 4 is 17.6 Å². The van der Waals surface area contributed by atoms with Crippen molar-refractivity contribution in [2.24, 2.45) is 11.1 Å². The summed E-state index contributed by atoms with van der Waals surface area (Å²) in [7, 11) is 1.07. The van der Waals surface area contributed by atoms with Gasteiger partial charge < -0.3 is 15.4 Å².